The molecule has 0 saturated carbocycles. The first kappa shape index (κ1) is 12.0. The molecule has 1 aromatic rings. The monoisotopic (exact) mass is 237 g/mol. The Labute approximate surface area is 101 Å². The molecular weight excluding hydrogens is 218 g/mol. The second kappa shape index (κ2) is 5.21. The van der Waals surface area contributed by atoms with Gasteiger partial charge in [0.1, 0.15) is 0 Å². The molecule has 2 rings (SSSR count). The van der Waals surface area contributed by atoms with Gasteiger partial charge in [-0.1, -0.05) is 25.1 Å². The van der Waals surface area contributed by atoms with Gasteiger partial charge in [0.2, 0.25) is 0 Å². The van der Waals surface area contributed by atoms with Crippen LogP contribution in [0, 0.1) is 0 Å². The van der Waals surface area contributed by atoms with Gasteiger partial charge < -0.3 is 10.4 Å². The number of benzene rings is 1. The Bertz CT molecular complexity index is 354. The van der Waals surface area contributed by atoms with Crippen molar-refractivity contribution in [2.45, 2.75) is 42.6 Å². The van der Waals surface area contributed by atoms with Crippen LogP contribution in [0.15, 0.2) is 29.2 Å². The molecule has 1 aliphatic heterocycles. The first-order valence-electron chi connectivity index (χ1n) is 5.84. The van der Waals surface area contributed by atoms with Crippen molar-refractivity contribution in [3.8, 4) is 0 Å². The quantitative estimate of drug-likeness (QED) is 0.847. The molecule has 16 heavy (non-hydrogen) atoms. The third kappa shape index (κ3) is 2.78. The van der Waals surface area contributed by atoms with E-state index in [1.54, 1.807) is 0 Å². The lowest BCUT2D eigenvalue weighted by atomic mass is 10.0. The van der Waals surface area contributed by atoms with E-state index < -0.39 is 0 Å². The molecule has 2 unspecified atom stereocenters. The average Bonchev–Trinajstić information content (AvgIpc) is 2.25. The second-order valence-corrected chi connectivity index (χ2v) is 5.99. The molecule has 0 aliphatic carbocycles. The van der Waals surface area contributed by atoms with E-state index in [1.165, 1.54) is 10.5 Å². The number of nitrogens with one attached hydrogen (secondary N) is 1. The van der Waals surface area contributed by atoms with Gasteiger partial charge in [0, 0.05) is 22.7 Å². The number of hydrogen-bond donors (Lipinski definition) is 2. The zero-order valence-corrected chi connectivity index (χ0v) is 10.6. The third-order valence-electron chi connectivity index (χ3n) is 2.85. The smallest absolute Gasteiger partial charge is 0.0636 e. The maximum Gasteiger partial charge on any atom is 0.0636 e. The zero-order chi connectivity index (χ0) is 11.5. The molecule has 0 bridgehead atoms. The number of rotatable bonds is 3. The Hall–Kier alpha value is -0.510. The van der Waals surface area contributed by atoms with E-state index in [9.17, 15) is 5.11 Å². The summed E-state index contributed by atoms with van der Waals surface area (Å²) in [7, 11) is 0. The van der Waals surface area contributed by atoms with Gasteiger partial charge in [-0.3, -0.25) is 0 Å². The largest absolute Gasteiger partial charge is 0.392 e. The van der Waals surface area contributed by atoms with Crippen LogP contribution < -0.4 is 5.32 Å². The molecule has 0 saturated heterocycles. The summed E-state index contributed by atoms with van der Waals surface area (Å²) in [6.45, 7) is 4.74. The summed E-state index contributed by atoms with van der Waals surface area (Å²) < 4.78 is 0. The van der Waals surface area contributed by atoms with Crippen molar-refractivity contribution in [2.24, 2.45) is 0 Å². The van der Waals surface area contributed by atoms with E-state index >= 15 is 0 Å². The van der Waals surface area contributed by atoms with Crippen molar-refractivity contribution < 1.29 is 5.11 Å². The fourth-order valence-corrected chi connectivity index (χ4v) is 3.33. The van der Waals surface area contributed by atoms with Crippen LogP contribution in [-0.4, -0.2) is 23.0 Å². The predicted octanol–water partition coefficient (Wildman–Crippen LogP) is 2.58. The second-order valence-electron chi connectivity index (χ2n) is 4.51. The summed E-state index contributed by atoms with van der Waals surface area (Å²) in [6.07, 6.45) is 0.853. The van der Waals surface area contributed by atoms with E-state index in [0.717, 1.165) is 6.42 Å². The van der Waals surface area contributed by atoms with E-state index in [-0.39, 0.29) is 6.10 Å². The van der Waals surface area contributed by atoms with Crippen LogP contribution in [0.5, 0.6) is 0 Å². The predicted molar refractivity (Wildman–Crippen MR) is 68.8 cm³/mol. The zero-order valence-electron chi connectivity index (χ0n) is 9.81. The first-order chi connectivity index (χ1) is 7.66. The van der Waals surface area contributed by atoms with Gasteiger partial charge in [-0.2, -0.15) is 0 Å². The molecule has 0 fully saturated rings. The number of aliphatic hydroxyl groups excluding tert-OH is 1. The number of aliphatic hydroxyl groups is 1. The lowest BCUT2D eigenvalue weighted by Crippen LogP contribution is -2.32. The van der Waals surface area contributed by atoms with Gasteiger partial charge in [-0.15, -0.1) is 11.8 Å². The van der Waals surface area contributed by atoms with E-state index in [4.69, 9.17) is 0 Å². The molecule has 3 heteroatoms. The minimum Gasteiger partial charge on any atom is -0.392 e. The molecule has 1 aliphatic rings. The van der Waals surface area contributed by atoms with Gasteiger partial charge >= 0.3 is 0 Å². The van der Waals surface area contributed by atoms with Crippen LogP contribution >= 0.6 is 11.8 Å². The minimum atomic E-state index is -0.281. The van der Waals surface area contributed by atoms with Crippen molar-refractivity contribution in [3.63, 3.8) is 0 Å². The first-order valence-corrected chi connectivity index (χ1v) is 6.72. The Kier molecular flexibility index (Phi) is 3.90. The maximum absolute atomic E-state index is 9.33. The molecule has 0 amide bonds. The summed E-state index contributed by atoms with van der Waals surface area (Å²) in [4.78, 5) is 1.38. The van der Waals surface area contributed by atoms with Crippen LogP contribution in [0.25, 0.3) is 0 Å². The van der Waals surface area contributed by atoms with Crippen molar-refractivity contribution in [1.29, 1.82) is 0 Å². The number of fused-ring (bicyclic) bond motifs is 1. The highest BCUT2D eigenvalue weighted by atomic mass is 32.2. The van der Waals surface area contributed by atoms with Gasteiger partial charge in [0.25, 0.3) is 0 Å². The van der Waals surface area contributed by atoms with Gasteiger partial charge in [0.05, 0.1) is 6.10 Å². The Morgan fingerprint density at radius 1 is 1.50 bits per heavy atom. The van der Waals surface area contributed by atoms with E-state index in [0.29, 0.717) is 17.8 Å². The lowest BCUT2D eigenvalue weighted by Gasteiger charge is -2.30. The normalized spacial score (nSPS) is 26.2. The average molecular weight is 237 g/mol. The van der Waals surface area contributed by atoms with Crippen molar-refractivity contribution in [3.05, 3.63) is 29.8 Å². The molecule has 0 aromatic heterocycles. The van der Waals surface area contributed by atoms with Crippen LogP contribution in [0.3, 0.4) is 0 Å². The molecule has 88 valence electrons. The minimum absolute atomic E-state index is 0.281. The molecule has 1 heterocycles. The summed E-state index contributed by atoms with van der Waals surface area (Å²) >= 11 is 1.95. The summed E-state index contributed by atoms with van der Waals surface area (Å²) in [6, 6.07) is 8.95. The molecule has 3 atom stereocenters. The fraction of sp³-hybridized carbons (Fsp3) is 0.538. The molecule has 0 spiro atoms. The van der Waals surface area contributed by atoms with Crippen LogP contribution in [0.4, 0.5) is 0 Å². The van der Waals surface area contributed by atoms with E-state index in [2.05, 4.69) is 36.5 Å². The molecule has 1 aromatic carbocycles. The van der Waals surface area contributed by atoms with Gasteiger partial charge in [-0.05, 0) is 25.0 Å². The summed E-state index contributed by atoms with van der Waals surface area (Å²) in [5.74, 6) is 0. The van der Waals surface area contributed by atoms with Crippen molar-refractivity contribution >= 4 is 11.8 Å². The Balaban J connectivity index is 2.13. The van der Waals surface area contributed by atoms with E-state index in [1.807, 2.05) is 18.7 Å². The van der Waals surface area contributed by atoms with Crippen LogP contribution in [0.1, 0.15) is 31.9 Å². The topological polar surface area (TPSA) is 32.3 Å². The number of thioether (sulfide) groups is 1. The highest BCUT2D eigenvalue weighted by Crippen LogP contribution is 2.40. The molecular formula is C13H19NOS. The van der Waals surface area contributed by atoms with Gasteiger partial charge in [-0.25, -0.2) is 0 Å². The molecule has 2 nitrogen and oxygen atoms in total. The number of hydrogen-bond acceptors (Lipinski definition) is 3. The SMILES string of the molecule is CC1CC(NC[C@H](C)O)c2ccccc2S1. The lowest BCUT2D eigenvalue weighted by molar-refractivity contribution is 0.185. The Morgan fingerprint density at radius 3 is 3.00 bits per heavy atom. The maximum atomic E-state index is 9.33. The van der Waals surface area contributed by atoms with Crippen molar-refractivity contribution in [1.82, 2.24) is 5.32 Å². The fourth-order valence-electron chi connectivity index (χ4n) is 2.11. The highest BCUT2D eigenvalue weighted by molar-refractivity contribution is 8.00. The standard InChI is InChI=1S/C13H19NOS/c1-9(15)8-14-12-7-10(2)16-13-6-4-3-5-11(12)13/h3-6,9-10,12,14-15H,7-8H2,1-2H3/t9-,10?,12?/m0/s1. The van der Waals surface area contributed by atoms with Crippen LogP contribution in [0.2, 0.25) is 0 Å². The molecule has 0 radical (unpaired) electrons. The van der Waals surface area contributed by atoms with Crippen LogP contribution in [-0.2, 0) is 0 Å². The molecule has 2 N–H and O–H groups in total. The Morgan fingerprint density at radius 2 is 2.25 bits per heavy atom. The third-order valence-corrected chi connectivity index (χ3v) is 4.07. The van der Waals surface area contributed by atoms with Gasteiger partial charge in [0.15, 0.2) is 0 Å². The summed E-state index contributed by atoms with van der Waals surface area (Å²) in [5.41, 5.74) is 1.38. The van der Waals surface area contributed by atoms with Crippen molar-refractivity contribution in [2.75, 3.05) is 6.54 Å². The highest BCUT2D eigenvalue weighted by Gasteiger charge is 2.24. The summed E-state index contributed by atoms with van der Waals surface area (Å²) in [5, 5.41) is 13.4.